The van der Waals surface area contributed by atoms with E-state index in [0.717, 1.165) is 30.8 Å². The van der Waals surface area contributed by atoms with Crippen LogP contribution in [0, 0.1) is 6.92 Å². The normalized spacial score (nSPS) is 16.3. The number of nitrogens with one attached hydrogen (secondary N) is 3. The minimum absolute atomic E-state index is 0. The van der Waals surface area contributed by atoms with Crippen LogP contribution in [0.1, 0.15) is 17.2 Å². The number of nitrogens with zero attached hydrogens (tertiary/aromatic N) is 2. The van der Waals surface area contributed by atoms with Gasteiger partial charge >= 0.3 is 0 Å². The average molecular weight is 434 g/mol. The number of halogens is 1. The third kappa shape index (κ3) is 6.41. The summed E-state index contributed by atoms with van der Waals surface area (Å²) >= 11 is 0. The van der Waals surface area contributed by atoms with E-state index in [1.807, 2.05) is 37.4 Å². The fourth-order valence-electron chi connectivity index (χ4n) is 3.37. The van der Waals surface area contributed by atoms with Gasteiger partial charge in [0.05, 0.1) is 25.9 Å². The van der Waals surface area contributed by atoms with Gasteiger partial charge in [-0.3, -0.25) is 19.5 Å². The molecular formula is C21H28ClN5O3. The van der Waals surface area contributed by atoms with Crippen molar-refractivity contribution in [3.05, 3.63) is 53.9 Å². The fraction of sp³-hybridized carbons (Fsp3) is 0.381. The fourth-order valence-corrected chi connectivity index (χ4v) is 3.37. The molecule has 3 N–H and O–H groups in total. The molecule has 1 aliphatic heterocycles. The van der Waals surface area contributed by atoms with Gasteiger partial charge < -0.3 is 20.7 Å². The summed E-state index contributed by atoms with van der Waals surface area (Å²) in [6.45, 7) is 4.38. The van der Waals surface area contributed by atoms with Gasteiger partial charge in [0.25, 0.3) is 0 Å². The summed E-state index contributed by atoms with van der Waals surface area (Å²) in [6, 6.07) is 9.52. The van der Waals surface area contributed by atoms with Crippen molar-refractivity contribution in [3.63, 3.8) is 0 Å². The molecule has 2 heterocycles. The molecule has 3 rings (SSSR count). The van der Waals surface area contributed by atoms with E-state index in [2.05, 4.69) is 25.8 Å². The van der Waals surface area contributed by atoms with Crippen LogP contribution in [0.2, 0.25) is 0 Å². The zero-order valence-electron chi connectivity index (χ0n) is 17.2. The van der Waals surface area contributed by atoms with Crippen LogP contribution in [0.3, 0.4) is 0 Å². The molecule has 1 aromatic carbocycles. The number of pyridine rings is 1. The lowest BCUT2D eigenvalue weighted by molar-refractivity contribution is -0.125. The molecule has 1 fully saturated rings. The minimum atomic E-state index is -0.300. The maximum absolute atomic E-state index is 12.4. The van der Waals surface area contributed by atoms with Crippen molar-refractivity contribution >= 4 is 29.9 Å². The van der Waals surface area contributed by atoms with E-state index in [4.69, 9.17) is 4.74 Å². The smallest absolute Gasteiger partial charge is 0.243 e. The standard InChI is InChI=1S/C21H27N5O3.ClH/c1-15-5-6-19(29-2)17(10-15)25-20(27)13-24-21(28)14-26-9-8-23-12-18(26)16-4-3-7-22-11-16;/h3-7,10-11,18,23H,8-9,12-14H2,1-2H3,(H,24,28)(H,25,27);1H. The van der Waals surface area contributed by atoms with Crippen LogP contribution in [-0.2, 0) is 9.59 Å². The van der Waals surface area contributed by atoms with Gasteiger partial charge in [-0.25, -0.2) is 0 Å². The van der Waals surface area contributed by atoms with Crippen LogP contribution < -0.4 is 20.7 Å². The first kappa shape index (κ1) is 23.6. The van der Waals surface area contributed by atoms with Crippen molar-refractivity contribution in [3.8, 4) is 5.75 Å². The second-order valence-electron chi connectivity index (χ2n) is 7.01. The van der Waals surface area contributed by atoms with Gasteiger partial charge in [0, 0.05) is 38.1 Å². The number of carbonyl (C=O) groups excluding carboxylic acids is 2. The number of rotatable bonds is 7. The Balaban J connectivity index is 0.00000320. The molecule has 2 aromatic rings. The summed E-state index contributed by atoms with van der Waals surface area (Å²) in [5.74, 6) is 0.0916. The molecule has 30 heavy (non-hydrogen) atoms. The van der Waals surface area contributed by atoms with E-state index in [-0.39, 0.29) is 43.4 Å². The van der Waals surface area contributed by atoms with Crippen molar-refractivity contribution in [2.75, 3.05) is 45.2 Å². The Labute approximate surface area is 182 Å². The van der Waals surface area contributed by atoms with Gasteiger partial charge in [-0.1, -0.05) is 12.1 Å². The summed E-state index contributed by atoms with van der Waals surface area (Å²) < 4.78 is 5.26. The first-order valence-corrected chi connectivity index (χ1v) is 9.62. The van der Waals surface area contributed by atoms with E-state index in [1.54, 1.807) is 19.4 Å². The number of hydrogen-bond donors (Lipinski definition) is 3. The molecule has 8 nitrogen and oxygen atoms in total. The van der Waals surface area contributed by atoms with Gasteiger partial charge in [0.2, 0.25) is 11.8 Å². The van der Waals surface area contributed by atoms with Crippen LogP contribution >= 0.6 is 12.4 Å². The van der Waals surface area contributed by atoms with Crippen molar-refractivity contribution in [2.24, 2.45) is 0 Å². The van der Waals surface area contributed by atoms with Crippen molar-refractivity contribution in [1.29, 1.82) is 0 Å². The quantitative estimate of drug-likeness (QED) is 0.612. The van der Waals surface area contributed by atoms with Crippen LogP contribution in [-0.4, -0.2) is 61.5 Å². The number of hydrogen-bond acceptors (Lipinski definition) is 6. The highest BCUT2D eigenvalue weighted by Crippen LogP contribution is 2.25. The summed E-state index contributed by atoms with van der Waals surface area (Å²) in [5.41, 5.74) is 2.66. The molecule has 9 heteroatoms. The Morgan fingerprint density at radius 1 is 1.30 bits per heavy atom. The molecule has 0 saturated carbocycles. The van der Waals surface area contributed by atoms with Gasteiger partial charge in [0.1, 0.15) is 5.75 Å². The topological polar surface area (TPSA) is 95.6 Å². The first-order chi connectivity index (χ1) is 14.1. The highest BCUT2D eigenvalue weighted by atomic mass is 35.5. The van der Waals surface area contributed by atoms with Gasteiger partial charge in [-0.15, -0.1) is 12.4 Å². The molecule has 0 aliphatic carbocycles. The number of methoxy groups -OCH3 is 1. The molecule has 0 spiro atoms. The highest BCUT2D eigenvalue weighted by Gasteiger charge is 2.25. The van der Waals surface area contributed by atoms with Crippen LogP contribution in [0.4, 0.5) is 5.69 Å². The largest absolute Gasteiger partial charge is 0.495 e. The zero-order valence-corrected chi connectivity index (χ0v) is 18.0. The number of carbonyl (C=O) groups is 2. The maximum atomic E-state index is 12.4. The van der Waals surface area contributed by atoms with E-state index in [1.165, 1.54) is 0 Å². The number of anilines is 1. The molecule has 1 aliphatic rings. The number of piperazine rings is 1. The molecule has 162 valence electrons. The lowest BCUT2D eigenvalue weighted by Gasteiger charge is -2.35. The van der Waals surface area contributed by atoms with E-state index in [9.17, 15) is 9.59 Å². The van der Waals surface area contributed by atoms with Gasteiger partial charge in [-0.2, -0.15) is 0 Å². The Bertz CT molecular complexity index is 850. The predicted molar refractivity (Wildman–Crippen MR) is 118 cm³/mol. The molecule has 1 atom stereocenters. The summed E-state index contributed by atoms with van der Waals surface area (Å²) in [6.07, 6.45) is 3.56. The molecule has 2 amide bonds. The number of ether oxygens (including phenoxy) is 1. The number of aromatic nitrogens is 1. The average Bonchev–Trinajstić information content (AvgIpc) is 2.73. The third-order valence-corrected chi connectivity index (χ3v) is 4.85. The maximum Gasteiger partial charge on any atom is 0.243 e. The number of benzene rings is 1. The van der Waals surface area contributed by atoms with Crippen molar-refractivity contribution in [1.82, 2.24) is 20.5 Å². The second kappa shape index (κ2) is 11.5. The first-order valence-electron chi connectivity index (χ1n) is 9.62. The third-order valence-electron chi connectivity index (χ3n) is 4.85. The monoisotopic (exact) mass is 433 g/mol. The van der Waals surface area contributed by atoms with Crippen molar-refractivity contribution < 1.29 is 14.3 Å². The van der Waals surface area contributed by atoms with Gasteiger partial charge in [-0.05, 0) is 36.2 Å². The predicted octanol–water partition coefficient (Wildman–Crippen LogP) is 1.52. The Kier molecular flexibility index (Phi) is 9.04. The van der Waals surface area contributed by atoms with Crippen LogP contribution in [0.25, 0.3) is 0 Å². The molecule has 0 radical (unpaired) electrons. The van der Waals surface area contributed by atoms with Crippen LogP contribution in [0.5, 0.6) is 5.75 Å². The molecule has 0 bridgehead atoms. The van der Waals surface area contributed by atoms with E-state index < -0.39 is 0 Å². The Hall–Kier alpha value is -2.68. The Morgan fingerprint density at radius 2 is 2.13 bits per heavy atom. The number of aryl methyl sites for hydroxylation is 1. The van der Waals surface area contributed by atoms with E-state index in [0.29, 0.717) is 11.4 Å². The zero-order chi connectivity index (χ0) is 20.6. The molecular weight excluding hydrogens is 406 g/mol. The summed E-state index contributed by atoms with van der Waals surface area (Å²) in [7, 11) is 1.55. The SMILES string of the molecule is COc1ccc(C)cc1NC(=O)CNC(=O)CN1CCNCC1c1cccnc1.Cl. The minimum Gasteiger partial charge on any atom is -0.495 e. The second-order valence-corrected chi connectivity index (χ2v) is 7.01. The van der Waals surface area contributed by atoms with Crippen LogP contribution in [0.15, 0.2) is 42.7 Å². The van der Waals surface area contributed by atoms with E-state index >= 15 is 0 Å². The molecule has 1 saturated heterocycles. The lowest BCUT2D eigenvalue weighted by atomic mass is 10.1. The molecule has 1 aromatic heterocycles. The Morgan fingerprint density at radius 3 is 2.87 bits per heavy atom. The summed E-state index contributed by atoms with van der Waals surface area (Å²) in [5, 5.41) is 8.84. The highest BCUT2D eigenvalue weighted by molar-refractivity contribution is 5.96. The lowest BCUT2D eigenvalue weighted by Crippen LogP contribution is -2.50. The number of amides is 2. The van der Waals surface area contributed by atoms with Gasteiger partial charge in [0.15, 0.2) is 0 Å². The van der Waals surface area contributed by atoms with Crippen molar-refractivity contribution in [2.45, 2.75) is 13.0 Å². The summed E-state index contributed by atoms with van der Waals surface area (Å²) in [4.78, 5) is 31.0. The molecule has 1 unspecified atom stereocenters.